The van der Waals surface area contributed by atoms with Crippen LogP contribution < -0.4 is 10.1 Å². The molecule has 0 saturated heterocycles. The molecule has 0 aromatic heterocycles. The first kappa shape index (κ1) is 16.8. The van der Waals surface area contributed by atoms with Gasteiger partial charge in [-0.2, -0.15) is 0 Å². The van der Waals surface area contributed by atoms with Gasteiger partial charge in [-0.1, -0.05) is 19.9 Å². The molecule has 0 aliphatic heterocycles. The summed E-state index contributed by atoms with van der Waals surface area (Å²) in [6.45, 7) is 9.73. The molecular weight excluding hydrogens is 252 g/mol. The van der Waals surface area contributed by atoms with Gasteiger partial charge < -0.3 is 20.1 Å². The maximum atomic E-state index is 9.67. The van der Waals surface area contributed by atoms with Crippen molar-refractivity contribution in [1.29, 1.82) is 0 Å². The third-order valence-electron chi connectivity index (χ3n) is 3.00. The summed E-state index contributed by atoms with van der Waals surface area (Å²) in [5.41, 5.74) is 1.34. The Morgan fingerprint density at radius 3 is 2.60 bits per heavy atom. The zero-order valence-corrected chi connectivity index (χ0v) is 13.4. The first-order chi connectivity index (χ1) is 9.34. The van der Waals surface area contributed by atoms with E-state index in [-0.39, 0.29) is 11.2 Å². The summed E-state index contributed by atoms with van der Waals surface area (Å²) in [5.74, 6) is 0.753. The predicted molar refractivity (Wildman–Crippen MR) is 83.3 cm³/mol. The molecule has 114 valence electrons. The van der Waals surface area contributed by atoms with E-state index in [1.807, 2.05) is 19.1 Å². The number of benzene rings is 1. The lowest BCUT2D eigenvalue weighted by molar-refractivity contribution is 0.232. The van der Waals surface area contributed by atoms with Gasteiger partial charge in [0.05, 0.1) is 6.61 Å². The third kappa shape index (κ3) is 5.80. The van der Waals surface area contributed by atoms with Crippen LogP contribution in [0.25, 0.3) is 0 Å². The van der Waals surface area contributed by atoms with Crippen LogP contribution >= 0.6 is 0 Å². The van der Waals surface area contributed by atoms with E-state index in [1.165, 1.54) is 0 Å². The second kappa shape index (κ2) is 7.50. The smallest absolute Gasteiger partial charge is 0.161 e. The Balaban J connectivity index is 2.51. The van der Waals surface area contributed by atoms with E-state index in [4.69, 9.17) is 4.74 Å². The van der Waals surface area contributed by atoms with Crippen molar-refractivity contribution in [2.75, 3.05) is 33.8 Å². The second-order valence-corrected chi connectivity index (χ2v) is 6.24. The first-order valence-corrected chi connectivity index (χ1v) is 7.14. The van der Waals surface area contributed by atoms with Crippen molar-refractivity contribution in [3.63, 3.8) is 0 Å². The summed E-state index contributed by atoms with van der Waals surface area (Å²) in [6, 6.07) is 5.50. The van der Waals surface area contributed by atoms with Gasteiger partial charge in [0, 0.05) is 19.6 Å². The fourth-order valence-electron chi connectivity index (χ4n) is 2.40. The van der Waals surface area contributed by atoms with Crippen molar-refractivity contribution in [3.8, 4) is 11.5 Å². The SMILES string of the molecule is CCOc1cc(CNCC(C)(C)CN(C)C)ccc1O. The van der Waals surface area contributed by atoms with E-state index < -0.39 is 0 Å². The normalized spacial score (nSPS) is 11.9. The van der Waals surface area contributed by atoms with Crippen molar-refractivity contribution in [2.24, 2.45) is 5.41 Å². The molecule has 1 rings (SSSR count). The number of nitrogens with one attached hydrogen (secondary N) is 1. The highest BCUT2D eigenvalue weighted by Crippen LogP contribution is 2.26. The molecule has 0 bridgehead atoms. The van der Waals surface area contributed by atoms with E-state index in [1.54, 1.807) is 6.07 Å². The van der Waals surface area contributed by atoms with Gasteiger partial charge in [0.25, 0.3) is 0 Å². The highest BCUT2D eigenvalue weighted by Gasteiger charge is 2.18. The molecule has 1 aromatic carbocycles. The van der Waals surface area contributed by atoms with Crippen LogP contribution in [0.3, 0.4) is 0 Å². The average Bonchev–Trinajstić information content (AvgIpc) is 2.31. The lowest BCUT2D eigenvalue weighted by Crippen LogP contribution is -2.37. The van der Waals surface area contributed by atoms with Crippen LogP contribution in [0.5, 0.6) is 11.5 Å². The fourth-order valence-corrected chi connectivity index (χ4v) is 2.40. The van der Waals surface area contributed by atoms with Gasteiger partial charge in [-0.25, -0.2) is 0 Å². The quantitative estimate of drug-likeness (QED) is 0.768. The van der Waals surface area contributed by atoms with Crippen LogP contribution in [-0.2, 0) is 6.54 Å². The molecule has 0 saturated carbocycles. The molecule has 0 unspecified atom stereocenters. The molecular formula is C16H28N2O2. The fraction of sp³-hybridized carbons (Fsp3) is 0.625. The Bertz CT molecular complexity index is 417. The average molecular weight is 280 g/mol. The van der Waals surface area contributed by atoms with Gasteiger partial charge in [-0.05, 0) is 44.1 Å². The minimum absolute atomic E-state index is 0.198. The molecule has 0 heterocycles. The number of rotatable bonds is 8. The summed E-state index contributed by atoms with van der Waals surface area (Å²) >= 11 is 0. The first-order valence-electron chi connectivity index (χ1n) is 7.14. The zero-order valence-electron chi connectivity index (χ0n) is 13.4. The van der Waals surface area contributed by atoms with Crippen molar-refractivity contribution in [1.82, 2.24) is 10.2 Å². The monoisotopic (exact) mass is 280 g/mol. The summed E-state index contributed by atoms with van der Waals surface area (Å²) in [4.78, 5) is 2.20. The van der Waals surface area contributed by atoms with E-state index in [9.17, 15) is 5.11 Å². The Morgan fingerprint density at radius 1 is 1.30 bits per heavy atom. The Morgan fingerprint density at radius 2 is 2.00 bits per heavy atom. The Hall–Kier alpha value is -1.26. The van der Waals surface area contributed by atoms with Gasteiger partial charge in [-0.15, -0.1) is 0 Å². The standard InChI is InChI=1S/C16H28N2O2/c1-6-20-15-9-13(7-8-14(15)19)10-17-11-16(2,3)12-18(4)5/h7-9,17,19H,6,10-12H2,1-5H3. The van der Waals surface area contributed by atoms with Gasteiger partial charge in [0.15, 0.2) is 11.5 Å². The second-order valence-electron chi connectivity index (χ2n) is 6.24. The minimum atomic E-state index is 0.198. The highest BCUT2D eigenvalue weighted by molar-refractivity contribution is 5.41. The summed E-state index contributed by atoms with van der Waals surface area (Å²) < 4.78 is 5.39. The molecule has 0 aliphatic carbocycles. The lowest BCUT2D eigenvalue weighted by atomic mass is 9.93. The van der Waals surface area contributed by atoms with Crippen LogP contribution in [0.15, 0.2) is 18.2 Å². The molecule has 2 N–H and O–H groups in total. The summed E-state index contributed by atoms with van der Waals surface area (Å²) in [6.07, 6.45) is 0. The highest BCUT2D eigenvalue weighted by atomic mass is 16.5. The molecule has 0 spiro atoms. The molecule has 4 heteroatoms. The molecule has 20 heavy (non-hydrogen) atoms. The largest absolute Gasteiger partial charge is 0.504 e. The number of nitrogens with zero attached hydrogens (tertiary/aromatic N) is 1. The number of ether oxygens (including phenoxy) is 1. The zero-order chi connectivity index (χ0) is 15.2. The Kier molecular flexibility index (Phi) is 6.30. The van der Waals surface area contributed by atoms with Gasteiger partial charge in [0.1, 0.15) is 0 Å². The maximum absolute atomic E-state index is 9.67. The van der Waals surface area contributed by atoms with Crippen LogP contribution in [0.4, 0.5) is 0 Å². The molecule has 4 nitrogen and oxygen atoms in total. The van der Waals surface area contributed by atoms with E-state index in [0.717, 1.165) is 25.2 Å². The molecule has 0 atom stereocenters. The minimum Gasteiger partial charge on any atom is -0.504 e. The van der Waals surface area contributed by atoms with Gasteiger partial charge in [0.2, 0.25) is 0 Å². The molecule has 0 aliphatic rings. The van der Waals surface area contributed by atoms with Crippen LogP contribution in [0.2, 0.25) is 0 Å². The number of phenolic OH excluding ortho intramolecular Hbond substituents is 1. The van der Waals surface area contributed by atoms with Crippen molar-refractivity contribution in [3.05, 3.63) is 23.8 Å². The van der Waals surface area contributed by atoms with Crippen molar-refractivity contribution < 1.29 is 9.84 Å². The van der Waals surface area contributed by atoms with Crippen LogP contribution in [0.1, 0.15) is 26.3 Å². The lowest BCUT2D eigenvalue weighted by Gasteiger charge is -2.28. The molecule has 1 aromatic rings. The summed E-state index contributed by atoms with van der Waals surface area (Å²) in [7, 11) is 4.19. The Labute approximate surface area is 122 Å². The van der Waals surface area contributed by atoms with Crippen LogP contribution in [0, 0.1) is 5.41 Å². The predicted octanol–water partition coefficient (Wildman–Crippen LogP) is 2.47. The van der Waals surface area contributed by atoms with E-state index in [0.29, 0.717) is 12.4 Å². The van der Waals surface area contributed by atoms with E-state index >= 15 is 0 Å². The third-order valence-corrected chi connectivity index (χ3v) is 3.00. The number of hydrogen-bond donors (Lipinski definition) is 2. The maximum Gasteiger partial charge on any atom is 0.161 e. The number of phenols is 1. The van der Waals surface area contributed by atoms with Crippen molar-refractivity contribution in [2.45, 2.75) is 27.3 Å². The van der Waals surface area contributed by atoms with Crippen LogP contribution in [-0.4, -0.2) is 43.8 Å². The molecule has 0 amide bonds. The van der Waals surface area contributed by atoms with Gasteiger partial charge >= 0.3 is 0 Å². The van der Waals surface area contributed by atoms with Gasteiger partial charge in [-0.3, -0.25) is 0 Å². The molecule has 0 radical (unpaired) electrons. The molecule has 0 fully saturated rings. The topological polar surface area (TPSA) is 44.7 Å². The number of aromatic hydroxyl groups is 1. The van der Waals surface area contributed by atoms with E-state index in [2.05, 4.69) is 38.2 Å². The number of hydrogen-bond acceptors (Lipinski definition) is 4. The summed E-state index contributed by atoms with van der Waals surface area (Å²) in [5, 5.41) is 13.1. The van der Waals surface area contributed by atoms with Crippen molar-refractivity contribution >= 4 is 0 Å².